The van der Waals surface area contributed by atoms with Gasteiger partial charge in [0.1, 0.15) is 16.9 Å². The Hall–Kier alpha value is -2.45. The molecule has 1 aliphatic heterocycles. The topological polar surface area (TPSA) is 95.5 Å². The van der Waals surface area contributed by atoms with Gasteiger partial charge in [-0.2, -0.15) is 0 Å². The van der Waals surface area contributed by atoms with Gasteiger partial charge in [-0.15, -0.1) is 0 Å². The molecule has 0 bridgehead atoms. The van der Waals surface area contributed by atoms with E-state index in [1.54, 1.807) is 12.1 Å². The molecule has 0 radical (unpaired) electrons. The molecule has 8 heteroatoms. The highest BCUT2D eigenvalue weighted by atomic mass is 32.2. The first-order valence-corrected chi connectivity index (χ1v) is 11.3. The number of carbonyl (C=O) groups is 1. The van der Waals surface area contributed by atoms with E-state index >= 15 is 0 Å². The number of hydrogen-bond donors (Lipinski definition) is 3. The summed E-state index contributed by atoms with van der Waals surface area (Å²) in [4.78, 5) is 12.7. The van der Waals surface area contributed by atoms with E-state index in [1.165, 1.54) is 36.4 Å². The lowest BCUT2D eigenvalue weighted by Crippen LogP contribution is -2.49. The van der Waals surface area contributed by atoms with Crippen molar-refractivity contribution >= 4 is 15.7 Å². The Bertz CT molecular complexity index is 924. The zero-order chi connectivity index (χ0) is 20.9. The van der Waals surface area contributed by atoms with Gasteiger partial charge in [-0.25, -0.2) is 12.8 Å². The lowest BCUT2D eigenvalue weighted by molar-refractivity contribution is 0.0934. The van der Waals surface area contributed by atoms with Crippen LogP contribution in [-0.2, 0) is 16.3 Å². The van der Waals surface area contributed by atoms with Crippen molar-refractivity contribution in [3.8, 4) is 5.75 Å². The number of phenolic OH excluding ortho intramolecular Hbond substituents is 1. The summed E-state index contributed by atoms with van der Waals surface area (Å²) in [5.41, 5.74) is 1.01. The van der Waals surface area contributed by atoms with Crippen LogP contribution >= 0.6 is 0 Å². The smallest absolute Gasteiger partial charge is 0.252 e. The molecule has 1 heterocycles. The molecule has 2 aromatic rings. The molecule has 6 nitrogen and oxygen atoms in total. The van der Waals surface area contributed by atoms with E-state index in [9.17, 15) is 22.7 Å². The van der Waals surface area contributed by atoms with Crippen molar-refractivity contribution in [2.24, 2.45) is 5.92 Å². The van der Waals surface area contributed by atoms with Crippen molar-refractivity contribution in [3.63, 3.8) is 0 Å². The second-order valence-electron chi connectivity index (χ2n) is 7.27. The first kappa shape index (κ1) is 21.3. The lowest BCUT2D eigenvalue weighted by Gasteiger charge is -2.31. The van der Waals surface area contributed by atoms with Crippen molar-refractivity contribution in [2.45, 2.75) is 24.6 Å². The number of piperidine rings is 1. The van der Waals surface area contributed by atoms with Crippen molar-refractivity contribution in [1.82, 2.24) is 10.6 Å². The molecule has 3 N–H and O–H groups in total. The van der Waals surface area contributed by atoms with Crippen LogP contribution < -0.4 is 10.6 Å². The molecular weight excluding hydrogens is 395 g/mol. The lowest BCUT2D eigenvalue weighted by atomic mass is 9.97. The van der Waals surface area contributed by atoms with Gasteiger partial charge in [-0.05, 0) is 80.2 Å². The maximum absolute atomic E-state index is 13.1. The Labute approximate surface area is 170 Å². The van der Waals surface area contributed by atoms with E-state index in [0.29, 0.717) is 25.9 Å². The summed E-state index contributed by atoms with van der Waals surface area (Å²) in [7, 11) is -3.64. The van der Waals surface area contributed by atoms with Gasteiger partial charge in [0.05, 0.1) is 5.75 Å². The third-order valence-corrected chi connectivity index (χ3v) is 7.24. The molecule has 29 heavy (non-hydrogen) atoms. The highest BCUT2D eigenvalue weighted by Crippen LogP contribution is 2.23. The van der Waals surface area contributed by atoms with Gasteiger partial charge in [0.15, 0.2) is 9.84 Å². The molecule has 1 unspecified atom stereocenters. The van der Waals surface area contributed by atoms with Crippen LogP contribution in [0.15, 0.2) is 48.5 Å². The van der Waals surface area contributed by atoms with Crippen LogP contribution in [-0.4, -0.2) is 43.6 Å². The number of nitrogens with one attached hydrogen (secondary N) is 2. The number of carbonyl (C=O) groups excluding carboxylic acids is 1. The normalized spacial score (nSPS) is 16.3. The fourth-order valence-corrected chi connectivity index (χ4v) is 5.43. The summed E-state index contributed by atoms with van der Waals surface area (Å²) in [6.07, 6.45) is 1.55. The SMILES string of the molecule is O=C(NC(C1CCNCC1)S(=O)(=O)CCc1ccc(F)cc1)c1ccc(O)cc1. The predicted octanol–water partition coefficient (Wildman–Crippen LogP) is 2.24. The van der Waals surface area contributed by atoms with Gasteiger partial charge in [0.2, 0.25) is 0 Å². The number of aromatic hydroxyl groups is 1. The Morgan fingerprint density at radius 3 is 2.34 bits per heavy atom. The molecule has 1 saturated heterocycles. The summed E-state index contributed by atoms with van der Waals surface area (Å²) < 4.78 is 39.4. The Morgan fingerprint density at radius 2 is 1.72 bits per heavy atom. The maximum Gasteiger partial charge on any atom is 0.252 e. The Morgan fingerprint density at radius 1 is 1.10 bits per heavy atom. The van der Waals surface area contributed by atoms with Gasteiger partial charge < -0.3 is 15.7 Å². The zero-order valence-corrected chi connectivity index (χ0v) is 16.8. The van der Waals surface area contributed by atoms with Crippen LogP contribution in [0.25, 0.3) is 0 Å². The second-order valence-corrected chi connectivity index (χ2v) is 9.51. The van der Waals surface area contributed by atoms with Crippen LogP contribution in [0.1, 0.15) is 28.8 Å². The average molecular weight is 421 g/mol. The molecule has 3 rings (SSSR count). The van der Waals surface area contributed by atoms with Crippen LogP contribution in [0.3, 0.4) is 0 Å². The van der Waals surface area contributed by atoms with Crippen LogP contribution in [0, 0.1) is 11.7 Å². The highest BCUT2D eigenvalue weighted by molar-refractivity contribution is 7.92. The van der Waals surface area contributed by atoms with Gasteiger partial charge in [-0.1, -0.05) is 12.1 Å². The second kappa shape index (κ2) is 9.37. The fraction of sp³-hybridized carbons (Fsp3) is 0.381. The molecular formula is C21H25FN2O4S. The molecule has 0 saturated carbocycles. The number of hydrogen-bond acceptors (Lipinski definition) is 5. The molecule has 1 amide bonds. The van der Waals surface area contributed by atoms with Gasteiger partial charge in [0.25, 0.3) is 5.91 Å². The minimum absolute atomic E-state index is 0.0309. The summed E-state index contributed by atoms with van der Waals surface area (Å²) in [5, 5.41) is 14.3. The van der Waals surface area contributed by atoms with E-state index in [2.05, 4.69) is 10.6 Å². The Kier molecular flexibility index (Phi) is 6.87. The summed E-state index contributed by atoms with van der Waals surface area (Å²) >= 11 is 0. The van der Waals surface area contributed by atoms with Gasteiger partial charge in [0, 0.05) is 5.56 Å². The number of rotatable bonds is 7. The number of halogens is 1. The minimum atomic E-state index is -3.64. The quantitative estimate of drug-likeness (QED) is 0.639. The highest BCUT2D eigenvalue weighted by Gasteiger charge is 2.35. The number of sulfone groups is 1. The van der Waals surface area contributed by atoms with Crippen LogP contribution in [0.2, 0.25) is 0 Å². The number of amides is 1. The maximum atomic E-state index is 13.1. The van der Waals surface area contributed by atoms with E-state index in [0.717, 1.165) is 5.56 Å². The summed E-state index contributed by atoms with van der Waals surface area (Å²) in [5.74, 6) is -1.15. The third-order valence-electron chi connectivity index (χ3n) is 5.19. The fourth-order valence-electron chi connectivity index (χ4n) is 3.51. The summed E-state index contributed by atoms with van der Waals surface area (Å²) in [6, 6.07) is 11.4. The molecule has 1 fully saturated rings. The first-order chi connectivity index (χ1) is 13.8. The number of phenols is 1. The largest absolute Gasteiger partial charge is 0.508 e. The molecule has 1 aliphatic rings. The van der Waals surface area contributed by atoms with Crippen molar-refractivity contribution in [2.75, 3.05) is 18.8 Å². The van der Waals surface area contributed by atoms with Gasteiger partial charge in [-0.3, -0.25) is 4.79 Å². The molecule has 0 aliphatic carbocycles. The van der Waals surface area contributed by atoms with E-state index in [4.69, 9.17) is 0 Å². The number of benzene rings is 2. The van der Waals surface area contributed by atoms with E-state index in [1.807, 2.05) is 0 Å². The standard InChI is InChI=1S/C21H25FN2O4S/c22-18-5-1-15(2-6-18)11-14-29(27,28)21(17-9-12-23-13-10-17)24-20(26)16-3-7-19(25)8-4-16/h1-8,17,21,23,25H,9-14H2,(H,24,26). The molecule has 1 atom stereocenters. The third kappa shape index (κ3) is 5.77. The van der Waals surface area contributed by atoms with Crippen LogP contribution in [0.5, 0.6) is 5.75 Å². The van der Waals surface area contributed by atoms with Crippen LogP contribution in [0.4, 0.5) is 4.39 Å². The molecule has 2 aromatic carbocycles. The minimum Gasteiger partial charge on any atom is -0.508 e. The number of aryl methyl sites for hydroxylation is 1. The monoisotopic (exact) mass is 420 g/mol. The van der Waals surface area contributed by atoms with E-state index < -0.39 is 21.1 Å². The van der Waals surface area contributed by atoms with E-state index in [-0.39, 0.29) is 35.2 Å². The zero-order valence-electron chi connectivity index (χ0n) is 16.0. The van der Waals surface area contributed by atoms with Crippen molar-refractivity contribution in [1.29, 1.82) is 0 Å². The average Bonchev–Trinajstić information content (AvgIpc) is 2.72. The molecule has 0 aromatic heterocycles. The van der Waals surface area contributed by atoms with Crippen molar-refractivity contribution in [3.05, 3.63) is 65.5 Å². The van der Waals surface area contributed by atoms with Crippen molar-refractivity contribution < 1.29 is 22.7 Å². The molecule has 0 spiro atoms. The predicted molar refractivity (Wildman–Crippen MR) is 109 cm³/mol. The molecule has 156 valence electrons. The van der Waals surface area contributed by atoms with Gasteiger partial charge >= 0.3 is 0 Å². The first-order valence-electron chi connectivity index (χ1n) is 9.62. The Balaban J connectivity index is 1.76. The summed E-state index contributed by atoms with van der Waals surface area (Å²) in [6.45, 7) is 1.40.